The molecule has 1 atom stereocenters. The third-order valence-corrected chi connectivity index (χ3v) is 8.38. The van der Waals surface area contributed by atoms with Gasteiger partial charge in [0.2, 0.25) is 0 Å². The van der Waals surface area contributed by atoms with Crippen molar-refractivity contribution in [2.75, 3.05) is 27.3 Å². The summed E-state index contributed by atoms with van der Waals surface area (Å²) in [5.74, 6) is 1.65. The van der Waals surface area contributed by atoms with Crippen LogP contribution in [0.15, 0.2) is 42.5 Å². The molecule has 2 aromatic carbocycles. The van der Waals surface area contributed by atoms with E-state index in [0.29, 0.717) is 22.9 Å². The molecule has 0 N–H and O–H groups in total. The highest BCUT2D eigenvalue weighted by Gasteiger charge is 2.29. The number of piperidine rings is 1. The van der Waals surface area contributed by atoms with Crippen LogP contribution < -0.4 is 9.47 Å². The summed E-state index contributed by atoms with van der Waals surface area (Å²) in [6.45, 7) is 3.37. The third-order valence-electron chi connectivity index (χ3n) is 5.99. The predicted molar refractivity (Wildman–Crippen MR) is 133 cm³/mol. The molecule has 33 heavy (non-hydrogen) atoms. The number of aromatic nitrogens is 2. The zero-order valence-electron chi connectivity index (χ0n) is 18.8. The first-order valence-corrected chi connectivity index (χ1v) is 12.5. The number of carbonyl (C=O) groups excluding carboxylic acids is 1. The molecule has 4 aromatic rings. The lowest BCUT2D eigenvalue weighted by Crippen LogP contribution is -2.39. The van der Waals surface area contributed by atoms with Gasteiger partial charge >= 0.3 is 0 Å². The van der Waals surface area contributed by atoms with Gasteiger partial charge in [0.15, 0.2) is 11.5 Å². The Morgan fingerprint density at radius 2 is 1.88 bits per heavy atom. The Labute approximate surface area is 200 Å². The van der Waals surface area contributed by atoms with Crippen molar-refractivity contribution in [2.24, 2.45) is 0 Å². The number of amides is 1. The van der Waals surface area contributed by atoms with Gasteiger partial charge in [-0.3, -0.25) is 4.79 Å². The first kappa shape index (κ1) is 21.9. The summed E-state index contributed by atoms with van der Waals surface area (Å²) in [5.41, 5.74) is 2.71. The molecule has 0 saturated carbocycles. The van der Waals surface area contributed by atoms with Crippen molar-refractivity contribution in [1.29, 1.82) is 0 Å². The van der Waals surface area contributed by atoms with E-state index in [-0.39, 0.29) is 11.8 Å². The molecule has 1 saturated heterocycles. The Balaban J connectivity index is 1.37. The fourth-order valence-corrected chi connectivity index (χ4v) is 6.38. The minimum absolute atomic E-state index is 0.0579. The van der Waals surface area contributed by atoms with E-state index in [0.717, 1.165) is 46.2 Å². The smallest absolute Gasteiger partial charge is 0.265 e. The summed E-state index contributed by atoms with van der Waals surface area (Å²) in [6, 6.07) is 13.9. The summed E-state index contributed by atoms with van der Waals surface area (Å²) in [5, 5.41) is 1.93. The Morgan fingerprint density at radius 1 is 1.06 bits per heavy atom. The van der Waals surface area contributed by atoms with E-state index < -0.39 is 0 Å². The predicted octanol–water partition coefficient (Wildman–Crippen LogP) is 5.77. The Bertz CT molecular complexity index is 1280. The van der Waals surface area contributed by atoms with Crippen LogP contribution in [-0.2, 0) is 0 Å². The number of benzene rings is 2. The van der Waals surface area contributed by atoms with Crippen molar-refractivity contribution in [3.63, 3.8) is 0 Å². The van der Waals surface area contributed by atoms with Gasteiger partial charge in [0.05, 0.1) is 35.1 Å². The summed E-state index contributed by atoms with van der Waals surface area (Å²) in [6.07, 6.45) is 2.04. The lowest BCUT2D eigenvalue weighted by Gasteiger charge is -2.31. The van der Waals surface area contributed by atoms with Gasteiger partial charge in [-0.15, -0.1) is 22.7 Å². The molecule has 5 rings (SSSR count). The SMILES string of the molecule is COc1ccc(-c2nc(C)c(C(=O)N3CCC[C@@H](c4nc5ccccc5s4)C3)s2)cc1OC. The van der Waals surface area contributed by atoms with Gasteiger partial charge in [-0.2, -0.15) is 0 Å². The average molecular weight is 480 g/mol. The van der Waals surface area contributed by atoms with Crippen LogP contribution in [-0.4, -0.2) is 48.1 Å². The molecular weight excluding hydrogens is 454 g/mol. The second-order valence-corrected chi connectivity index (χ2v) is 10.2. The highest BCUT2D eigenvalue weighted by atomic mass is 32.1. The topological polar surface area (TPSA) is 64.5 Å². The molecule has 6 nitrogen and oxygen atoms in total. The van der Waals surface area contributed by atoms with Crippen molar-refractivity contribution >= 4 is 38.8 Å². The fraction of sp³-hybridized carbons (Fsp3) is 0.320. The molecule has 1 fully saturated rings. The van der Waals surface area contributed by atoms with Crippen molar-refractivity contribution in [2.45, 2.75) is 25.7 Å². The van der Waals surface area contributed by atoms with Gasteiger partial charge in [-0.25, -0.2) is 9.97 Å². The lowest BCUT2D eigenvalue weighted by molar-refractivity contribution is 0.0711. The number of carbonyl (C=O) groups is 1. The maximum atomic E-state index is 13.5. The van der Waals surface area contributed by atoms with E-state index in [1.165, 1.54) is 16.0 Å². The summed E-state index contributed by atoms with van der Waals surface area (Å²) in [4.78, 5) is 25.7. The minimum Gasteiger partial charge on any atom is -0.493 e. The molecule has 170 valence electrons. The molecule has 8 heteroatoms. The number of fused-ring (bicyclic) bond motifs is 1. The van der Waals surface area contributed by atoms with Gasteiger partial charge in [0, 0.05) is 24.6 Å². The average Bonchev–Trinajstić information content (AvgIpc) is 3.47. The van der Waals surface area contributed by atoms with E-state index in [9.17, 15) is 4.79 Å². The van der Waals surface area contributed by atoms with Gasteiger partial charge in [-0.1, -0.05) is 12.1 Å². The molecule has 0 bridgehead atoms. The number of ether oxygens (including phenoxy) is 2. The Kier molecular flexibility index (Phi) is 6.03. The van der Waals surface area contributed by atoms with Crippen LogP contribution in [0.2, 0.25) is 0 Å². The maximum absolute atomic E-state index is 13.5. The maximum Gasteiger partial charge on any atom is 0.265 e. The van der Waals surface area contributed by atoms with E-state index in [1.54, 1.807) is 25.6 Å². The first-order chi connectivity index (χ1) is 16.1. The number of aryl methyl sites for hydroxylation is 1. The molecule has 1 amide bonds. The first-order valence-electron chi connectivity index (χ1n) is 10.9. The zero-order valence-corrected chi connectivity index (χ0v) is 20.5. The zero-order chi connectivity index (χ0) is 22.9. The highest BCUT2D eigenvalue weighted by molar-refractivity contribution is 7.18. The molecular formula is C25H25N3O3S2. The van der Waals surface area contributed by atoms with E-state index in [1.807, 2.05) is 42.2 Å². The number of rotatable bonds is 5. The number of nitrogens with zero attached hydrogens (tertiary/aromatic N) is 3. The van der Waals surface area contributed by atoms with Crippen LogP contribution >= 0.6 is 22.7 Å². The molecule has 0 radical (unpaired) electrons. The number of likely N-dealkylation sites (tertiary alicyclic amines) is 1. The van der Waals surface area contributed by atoms with Crippen molar-refractivity contribution in [1.82, 2.24) is 14.9 Å². The molecule has 2 aromatic heterocycles. The van der Waals surface area contributed by atoms with Crippen LogP contribution in [0.1, 0.15) is 39.1 Å². The van der Waals surface area contributed by atoms with Crippen molar-refractivity contribution in [3.05, 3.63) is 58.0 Å². The van der Waals surface area contributed by atoms with Crippen molar-refractivity contribution in [3.8, 4) is 22.1 Å². The van der Waals surface area contributed by atoms with Crippen LogP contribution in [0.5, 0.6) is 11.5 Å². The normalized spacial score (nSPS) is 16.2. The number of para-hydroxylation sites is 1. The van der Waals surface area contributed by atoms with Crippen molar-refractivity contribution < 1.29 is 14.3 Å². The number of hydrogen-bond donors (Lipinski definition) is 0. The monoisotopic (exact) mass is 479 g/mol. The van der Waals surface area contributed by atoms with Crippen LogP contribution in [0.4, 0.5) is 0 Å². The van der Waals surface area contributed by atoms with Crippen LogP contribution in [0.25, 0.3) is 20.8 Å². The van der Waals surface area contributed by atoms with Gasteiger partial charge in [0.25, 0.3) is 5.91 Å². The standard InChI is InChI=1S/C25H25N3O3S2/c1-15-22(33-23(26-15)16-10-11-19(30-2)20(13-16)31-3)25(29)28-12-6-7-17(14-28)24-27-18-8-4-5-9-21(18)32-24/h4-5,8-11,13,17H,6-7,12,14H2,1-3H3/t17-/m1/s1. The number of thiazole rings is 2. The lowest BCUT2D eigenvalue weighted by atomic mass is 9.98. The fourth-order valence-electron chi connectivity index (χ4n) is 4.26. The second-order valence-electron chi connectivity index (χ2n) is 8.11. The molecule has 0 aliphatic carbocycles. The quantitative estimate of drug-likeness (QED) is 0.364. The molecule has 0 unspecified atom stereocenters. The second kappa shape index (κ2) is 9.11. The van der Waals surface area contributed by atoms with Gasteiger partial charge in [-0.05, 0) is 50.1 Å². The number of methoxy groups -OCH3 is 2. The van der Waals surface area contributed by atoms with Crippen LogP contribution in [0.3, 0.4) is 0 Å². The Hall–Kier alpha value is -2.97. The third kappa shape index (κ3) is 4.20. The van der Waals surface area contributed by atoms with Gasteiger partial charge < -0.3 is 14.4 Å². The highest BCUT2D eigenvalue weighted by Crippen LogP contribution is 2.37. The van der Waals surface area contributed by atoms with Gasteiger partial charge in [0.1, 0.15) is 9.88 Å². The molecule has 1 aliphatic heterocycles. The summed E-state index contributed by atoms with van der Waals surface area (Å²) >= 11 is 3.18. The molecule has 3 heterocycles. The largest absolute Gasteiger partial charge is 0.493 e. The molecule has 0 spiro atoms. The Morgan fingerprint density at radius 3 is 2.67 bits per heavy atom. The van der Waals surface area contributed by atoms with E-state index >= 15 is 0 Å². The minimum atomic E-state index is 0.0579. The van der Waals surface area contributed by atoms with E-state index in [2.05, 4.69) is 12.1 Å². The summed E-state index contributed by atoms with van der Waals surface area (Å²) in [7, 11) is 3.23. The van der Waals surface area contributed by atoms with Crippen LogP contribution in [0, 0.1) is 6.92 Å². The number of hydrogen-bond acceptors (Lipinski definition) is 7. The molecule has 1 aliphatic rings. The summed E-state index contributed by atoms with van der Waals surface area (Å²) < 4.78 is 12.0. The van der Waals surface area contributed by atoms with E-state index in [4.69, 9.17) is 19.4 Å².